The number of carbonyl (C=O) groups excluding carboxylic acids is 3. The lowest BCUT2D eigenvalue weighted by Crippen LogP contribution is -2.36. The Balaban J connectivity index is 2.50. The first-order valence-electron chi connectivity index (χ1n) is 7.69. The molecule has 0 radical (unpaired) electrons. The fourth-order valence-electron chi connectivity index (χ4n) is 1.97. The summed E-state index contributed by atoms with van der Waals surface area (Å²) in [6.45, 7) is 1.82. The summed E-state index contributed by atoms with van der Waals surface area (Å²) in [5.74, 6) is -3.50. The van der Waals surface area contributed by atoms with E-state index in [1.165, 1.54) is 19.1 Å². The summed E-state index contributed by atoms with van der Waals surface area (Å²) in [4.78, 5) is 45.4. The van der Waals surface area contributed by atoms with Gasteiger partial charge in [-0.15, -0.1) is 0 Å². The standard InChI is InChI=1S/C16H19ClFN3O5/c1-9(22)19-6-7-20-13(23)4-5-14(24)21-15(16(25)26)10-2-3-11(17)12(18)8-10/h2-3,8,15H,4-7H2,1H3,(H,19,22)(H,20,23)(H,21,24)(H,25,26). The molecule has 0 aliphatic heterocycles. The Labute approximate surface area is 154 Å². The SMILES string of the molecule is CC(=O)NCCNC(=O)CCC(=O)NC(C(=O)O)c1ccc(Cl)c(F)c1. The molecule has 0 saturated heterocycles. The van der Waals surface area contributed by atoms with E-state index in [0.29, 0.717) is 0 Å². The molecule has 8 nitrogen and oxygen atoms in total. The van der Waals surface area contributed by atoms with Crippen molar-refractivity contribution in [1.29, 1.82) is 0 Å². The molecule has 0 spiro atoms. The van der Waals surface area contributed by atoms with Gasteiger partial charge in [-0.2, -0.15) is 0 Å². The number of halogens is 2. The van der Waals surface area contributed by atoms with Crippen LogP contribution in [-0.2, 0) is 19.2 Å². The maximum absolute atomic E-state index is 13.5. The Morgan fingerprint density at radius 3 is 2.31 bits per heavy atom. The second-order valence-corrected chi connectivity index (χ2v) is 5.75. The fourth-order valence-corrected chi connectivity index (χ4v) is 2.09. The largest absolute Gasteiger partial charge is 0.479 e. The second kappa shape index (κ2) is 10.3. The molecule has 3 amide bonds. The van der Waals surface area contributed by atoms with Gasteiger partial charge in [0.2, 0.25) is 17.7 Å². The van der Waals surface area contributed by atoms with E-state index in [0.717, 1.165) is 6.07 Å². The van der Waals surface area contributed by atoms with Crippen LogP contribution in [0, 0.1) is 5.82 Å². The number of amides is 3. The van der Waals surface area contributed by atoms with E-state index in [-0.39, 0.29) is 42.4 Å². The normalized spacial score (nSPS) is 11.3. The third-order valence-electron chi connectivity index (χ3n) is 3.23. The molecule has 0 fully saturated rings. The highest BCUT2D eigenvalue weighted by Crippen LogP contribution is 2.20. The van der Waals surface area contributed by atoms with Crippen molar-refractivity contribution in [2.75, 3.05) is 13.1 Å². The maximum Gasteiger partial charge on any atom is 0.330 e. The number of carboxylic acid groups (broad SMARTS) is 1. The van der Waals surface area contributed by atoms with Gasteiger partial charge in [0.25, 0.3) is 0 Å². The minimum atomic E-state index is -1.46. The molecule has 142 valence electrons. The molecule has 4 N–H and O–H groups in total. The average Bonchev–Trinajstić information content (AvgIpc) is 2.57. The lowest BCUT2D eigenvalue weighted by atomic mass is 10.1. The predicted octanol–water partition coefficient (Wildman–Crippen LogP) is 0.753. The molecule has 10 heteroatoms. The highest BCUT2D eigenvalue weighted by Gasteiger charge is 2.23. The van der Waals surface area contributed by atoms with Crippen molar-refractivity contribution in [3.63, 3.8) is 0 Å². The number of carboxylic acids is 1. The molecular weight excluding hydrogens is 369 g/mol. The van der Waals surface area contributed by atoms with Crippen molar-refractivity contribution in [3.05, 3.63) is 34.6 Å². The zero-order chi connectivity index (χ0) is 19.7. The highest BCUT2D eigenvalue weighted by atomic mass is 35.5. The van der Waals surface area contributed by atoms with Crippen LogP contribution in [-0.4, -0.2) is 41.9 Å². The summed E-state index contributed by atoms with van der Waals surface area (Å²) >= 11 is 5.55. The van der Waals surface area contributed by atoms with Gasteiger partial charge >= 0.3 is 5.97 Å². The number of nitrogens with one attached hydrogen (secondary N) is 3. The van der Waals surface area contributed by atoms with Gasteiger partial charge in [0.15, 0.2) is 6.04 Å². The zero-order valence-corrected chi connectivity index (χ0v) is 14.7. The first-order chi connectivity index (χ1) is 12.2. The van der Waals surface area contributed by atoms with E-state index in [1.807, 2.05) is 0 Å². The van der Waals surface area contributed by atoms with E-state index in [1.54, 1.807) is 0 Å². The predicted molar refractivity (Wildman–Crippen MR) is 90.9 cm³/mol. The molecular formula is C16H19ClFN3O5. The number of aliphatic carboxylic acids is 1. The Morgan fingerprint density at radius 2 is 1.73 bits per heavy atom. The van der Waals surface area contributed by atoms with Crippen molar-refractivity contribution in [2.24, 2.45) is 0 Å². The number of rotatable bonds is 9. The average molecular weight is 388 g/mol. The lowest BCUT2D eigenvalue weighted by Gasteiger charge is -2.15. The summed E-state index contributed by atoms with van der Waals surface area (Å²) in [5.41, 5.74) is 0.0208. The van der Waals surface area contributed by atoms with Gasteiger partial charge in [-0.1, -0.05) is 17.7 Å². The van der Waals surface area contributed by atoms with Gasteiger partial charge in [-0.25, -0.2) is 9.18 Å². The van der Waals surface area contributed by atoms with E-state index < -0.39 is 29.6 Å². The van der Waals surface area contributed by atoms with Crippen LogP contribution in [0.1, 0.15) is 31.4 Å². The van der Waals surface area contributed by atoms with Crippen molar-refractivity contribution in [3.8, 4) is 0 Å². The Bertz CT molecular complexity index is 698. The number of hydrogen-bond acceptors (Lipinski definition) is 4. The number of hydrogen-bond donors (Lipinski definition) is 4. The Hall–Kier alpha value is -2.68. The molecule has 1 aromatic rings. The van der Waals surface area contributed by atoms with Gasteiger partial charge in [0.05, 0.1) is 5.02 Å². The van der Waals surface area contributed by atoms with Gasteiger partial charge in [0.1, 0.15) is 5.82 Å². The quantitative estimate of drug-likeness (QED) is 0.465. The van der Waals surface area contributed by atoms with Crippen LogP contribution < -0.4 is 16.0 Å². The van der Waals surface area contributed by atoms with Crippen LogP contribution in [0.5, 0.6) is 0 Å². The van der Waals surface area contributed by atoms with Gasteiger partial charge < -0.3 is 21.1 Å². The summed E-state index contributed by atoms with van der Waals surface area (Å²) in [6.07, 6.45) is -0.404. The van der Waals surface area contributed by atoms with Crippen LogP contribution >= 0.6 is 11.6 Å². The summed E-state index contributed by atoms with van der Waals surface area (Å²) in [5, 5.41) is 16.3. The molecule has 26 heavy (non-hydrogen) atoms. The monoisotopic (exact) mass is 387 g/mol. The van der Waals surface area contributed by atoms with Crippen molar-refractivity contribution < 1.29 is 28.7 Å². The van der Waals surface area contributed by atoms with E-state index in [2.05, 4.69) is 16.0 Å². The smallest absolute Gasteiger partial charge is 0.330 e. The van der Waals surface area contributed by atoms with Crippen LogP contribution in [0.3, 0.4) is 0 Å². The maximum atomic E-state index is 13.5. The van der Waals surface area contributed by atoms with Gasteiger partial charge in [0, 0.05) is 32.9 Å². The Morgan fingerprint density at radius 1 is 1.12 bits per heavy atom. The van der Waals surface area contributed by atoms with E-state index in [9.17, 15) is 28.7 Å². The van der Waals surface area contributed by atoms with Crippen molar-refractivity contribution in [1.82, 2.24) is 16.0 Å². The first kappa shape index (κ1) is 21.4. The third kappa shape index (κ3) is 7.47. The molecule has 1 rings (SSSR count). The molecule has 1 aromatic carbocycles. The van der Waals surface area contributed by atoms with Crippen molar-refractivity contribution >= 4 is 35.3 Å². The van der Waals surface area contributed by atoms with Crippen LogP contribution in [0.15, 0.2) is 18.2 Å². The summed E-state index contributed by atoms with van der Waals surface area (Å²) in [7, 11) is 0. The fraction of sp³-hybridized carbons (Fsp3) is 0.375. The van der Waals surface area contributed by atoms with Crippen molar-refractivity contribution in [2.45, 2.75) is 25.8 Å². The van der Waals surface area contributed by atoms with Gasteiger partial charge in [-0.05, 0) is 17.7 Å². The lowest BCUT2D eigenvalue weighted by molar-refractivity contribution is -0.142. The Kier molecular flexibility index (Phi) is 8.50. The summed E-state index contributed by atoms with van der Waals surface area (Å²) < 4.78 is 13.5. The molecule has 1 unspecified atom stereocenters. The topological polar surface area (TPSA) is 125 Å². The third-order valence-corrected chi connectivity index (χ3v) is 3.54. The molecule has 0 aromatic heterocycles. The minimum absolute atomic E-state index is 0.0208. The zero-order valence-electron chi connectivity index (χ0n) is 14.0. The van der Waals surface area contributed by atoms with E-state index in [4.69, 9.17) is 11.6 Å². The summed E-state index contributed by atoms with van der Waals surface area (Å²) in [6, 6.07) is 1.95. The van der Waals surface area contributed by atoms with E-state index >= 15 is 0 Å². The highest BCUT2D eigenvalue weighted by molar-refractivity contribution is 6.30. The van der Waals surface area contributed by atoms with Gasteiger partial charge in [-0.3, -0.25) is 14.4 Å². The first-order valence-corrected chi connectivity index (χ1v) is 8.06. The molecule has 0 saturated carbocycles. The minimum Gasteiger partial charge on any atom is -0.479 e. The van der Waals surface area contributed by atoms with Crippen LogP contribution in [0.2, 0.25) is 5.02 Å². The number of benzene rings is 1. The molecule has 0 aliphatic rings. The molecule has 0 aliphatic carbocycles. The second-order valence-electron chi connectivity index (χ2n) is 5.35. The molecule has 0 bridgehead atoms. The number of carbonyl (C=O) groups is 4. The molecule has 0 heterocycles. The molecule has 1 atom stereocenters. The van der Waals surface area contributed by atoms with Crippen LogP contribution in [0.25, 0.3) is 0 Å². The van der Waals surface area contributed by atoms with Crippen LogP contribution in [0.4, 0.5) is 4.39 Å².